The zero-order valence-electron chi connectivity index (χ0n) is 9.22. The van der Waals surface area contributed by atoms with Crippen LogP contribution < -0.4 is 11.1 Å². The van der Waals surface area contributed by atoms with E-state index in [1.807, 2.05) is 12.1 Å². The van der Waals surface area contributed by atoms with E-state index in [0.717, 1.165) is 5.56 Å². The molecule has 0 aliphatic heterocycles. The van der Waals surface area contributed by atoms with Gasteiger partial charge in [-0.15, -0.1) is 0 Å². The molecule has 17 heavy (non-hydrogen) atoms. The van der Waals surface area contributed by atoms with E-state index in [4.69, 9.17) is 10.2 Å². The Morgan fingerprint density at radius 2 is 2.29 bits per heavy atom. The minimum atomic E-state index is -0.256. The van der Waals surface area contributed by atoms with Gasteiger partial charge in [0.2, 0.25) is 0 Å². The van der Waals surface area contributed by atoms with E-state index in [0.29, 0.717) is 12.3 Å². The number of carbonyl (C=O) groups excluding carboxylic acids is 1. The SMILES string of the molecule is NCc1ccc(C(=O)NCc2cccnc2)o1. The molecule has 88 valence electrons. The van der Waals surface area contributed by atoms with E-state index in [-0.39, 0.29) is 18.2 Å². The minimum absolute atomic E-state index is 0.256. The molecule has 2 aromatic rings. The van der Waals surface area contributed by atoms with Gasteiger partial charge in [-0.25, -0.2) is 0 Å². The zero-order valence-corrected chi connectivity index (χ0v) is 9.22. The average Bonchev–Trinajstić information content (AvgIpc) is 2.86. The maximum Gasteiger partial charge on any atom is 0.287 e. The highest BCUT2D eigenvalue weighted by atomic mass is 16.4. The largest absolute Gasteiger partial charge is 0.455 e. The standard InChI is InChI=1S/C12H13N3O2/c13-6-10-3-4-11(17-10)12(16)15-8-9-2-1-5-14-7-9/h1-5,7H,6,8,13H2,(H,15,16). The molecule has 2 heterocycles. The molecule has 0 fully saturated rings. The second-order valence-electron chi connectivity index (χ2n) is 3.51. The molecule has 2 rings (SSSR count). The fourth-order valence-electron chi connectivity index (χ4n) is 1.38. The van der Waals surface area contributed by atoms with E-state index in [9.17, 15) is 4.79 Å². The van der Waals surface area contributed by atoms with Gasteiger partial charge in [0.05, 0.1) is 6.54 Å². The summed E-state index contributed by atoms with van der Waals surface area (Å²) < 4.78 is 5.23. The summed E-state index contributed by atoms with van der Waals surface area (Å²) in [6.45, 7) is 0.710. The molecule has 5 heteroatoms. The highest BCUT2D eigenvalue weighted by molar-refractivity contribution is 5.91. The summed E-state index contributed by atoms with van der Waals surface area (Å²) in [7, 11) is 0. The van der Waals surface area contributed by atoms with Crippen molar-refractivity contribution in [3.8, 4) is 0 Å². The number of pyridine rings is 1. The van der Waals surface area contributed by atoms with Crippen LogP contribution in [0.3, 0.4) is 0 Å². The summed E-state index contributed by atoms with van der Waals surface area (Å²) >= 11 is 0. The Morgan fingerprint density at radius 1 is 1.41 bits per heavy atom. The first kappa shape index (κ1) is 11.3. The number of nitrogens with one attached hydrogen (secondary N) is 1. The summed E-state index contributed by atoms with van der Waals surface area (Å²) in [6.07, 6.45) is 3.39. The number of furan rings is 1. The molecule has 0 bridgehead atoms. The lowest BCUT2D eigenvalue weighted by atomic mass is 10.3. The summed E-state index contributed by atoms with van der Waals surface area (Å²) in [5.74, 6) is 0.611. The third kappa shape index (κ3) is 2.92. The molecular formula is C12H13N3O2. The summed E-state index contributed by atoms with van der Waals surface area (Å²) in [6, 6.07) is 7.02. The molecule has 5 nitrogen and oxygen atoms in total. The van der Waals surface area contributed by atoms with E-state index >= 15 is 0 Å². The first-order valence-electron chi connectivity index (χ1n) is 5.25. The molecule has 0 aliphatic carbocycles. The lowest BCUT2D eigenvalue weighted by Crippen LogP contribution is -2.22. The average molecular weight is 231 g/mol. The number of carbonyl (C=O) groups is 1. The molecule has 0 spiro atoms. The van der Waals surface area contributed by atoms with Crippen molar-refractivity contribution < 1.29 is 9.21 Å². The first-order valence-corrected chi connectivity index (χ1v) is 5.25. The second-order valence-corrected chi connectivity index (χ2v) is 3.51. The number of hydrogen-bond acceptors (Lipinski definition) is 4. The van der Waals surface area contributed by atoms with Crippen LogP contribution in [0, 0.1) is 0 Å². The van der Waals surface area contributed by atoms with Crippen molar-refractivity contribution in [2.75, 3.05) is 0 Å². The van der Waals surface area contributed by atoms with Crippen LogP contribution in [0.25, 0.3) is 0 Å². The van der Waals surface area contributed by atoms with E-state index in [1.54, 1.807) is 24.5 Å². The summed E-state index contributed by atoms with van der Waals surface area (Å²) in [5, 5.41) is 2.74. The Balaban J connectivity index is 1.93. The predicted octanol–water partition coefficient (Wildman–Crippen LogP) is 1.06. The smallest absolute Gasteiger partial charge is 0.287 e. The molecule has 0 aliphatic rings. The van der Waals surface area contributed by atoms with Gasteiger partial charge in [-0.2, -0.15) is 0 Å². The maximum atomic E-state index is 11.7. The second kappa shape index (κ2) is 5.27. The van der Waals surface area contributed by atoms with Gasteiger partial charge in [0.15, 0.2) is 5.76 Å². The Labute approximate surface area is 98.6 Å². The molecule has 2 aromatic heterocycles. The minimum Gasteiger partial charge on any atom is -0.455 e. The third-order valence-electron chi connectivity index (χ3n) is 2.26. The Hall–Kier alpha value is -2.14. The van der Waals surface area contributed by atoms with E-state index < -0.39 is 0 Å². The number of nitrogens with two attached hydrogens (primary N) is 1. The van der Waals surface area contributed by atoms with Crippen LogP contribution in [-0.4, -0.2) is 10.9 Å². The Bertz CT molecular complexity index is 493. The van der Waals surface area contributed by atoms with Gasteiger partial charge in [-0.3, -0.25) is 9.78 Å². The van der Waals surface area contributed by atoms with Crippen molar-refractivity contribution in [3.63, 3.8) is 0 Å². The molecule has 0 unspecified atom stereocenters. The number of nitrogens with zero attached hydrogens (tertiary/aromatic N) is 1. The predicted molar refractivity (Wildman–Crippen MR) is 62.0 cm³/mol. The van der Waals surface area contributed by atoms with Crippen LogP contribution in [0.4, 0.5) is 0 Å². The number of hydrogen-bond donors (Lipinski definition) is 2. The van der Waals surface area contributed by atoms with Crippen LogP contribution >= 0.6 is 0 Å². The van der Waals surface area contributed by atoms with Crippen molar-refractivity contribution in [2.45, 2.75) is 13.1 Å². The monoisotopic (exact) mass is 231 g/mol. The van der Waals surface area contributed by atoms with Crippen LogP contribution in [0.15, 0.2) is 41.1 Å². The van der Waals surface area contributed by atoms with Crippen molar-refractivity contribution in [3.05, 3.63) is 53.7 Å². The van der Waals surface area contributed by atoms with Crippen molar-refractivity contribution in [2.24, 2.45) is 5.73 Å². The number of amides is 1. The van der Waals surface area contributed by atoms with Gasteiger partial charge in [0.1, 0.15) is 5.76 Å². The Morgan fingerprint density at radius 3 is 2.94 bits per heavy atom. The van der Waals surface area contributed by atoms with E-state index in [1.165, 1.54) is 0 Å². The van der Waals surface area contributed by atoms with Crippen LogP contribution in [0.5, 0.6) is 0 Å². The quantitative estimate of drug-likeness (QED) is 0.824. The van der Waals surface area contributed by atoms with Gasteiger partial charge in [-0.1, -0.05) is 6.07 Å². The highest BCUT2D eigenvalue weighted by Gasteiger charge is 2.09. The lowest BCUT2D eigenvalue weighted by Gasteiger charge is -2.02. The van der Waals surface area contributed by atoms with Gasteiger partial charge in [-0.05, 0) is 23.8 Å². The number of rotatable bonds is 4. The van der Waals surface area contributed by atoms with Gasteiger partial charge in [0, 0.05) is 18.9 Å². The molecule has 1 amide bonds. The summed E-state index contributed by atoms with van der Waals surface area (Å²) in [5.41, 5.74) is 6.33. The van der Waals surface area contributed by atoms with Crippen molar-refractivity contribution >= 4 is 5.91 Å². The van der Waals surface area contributed by atoms with Crippen molar-refractivity contribution in [1.29, 1.82) is 0 Å². The highest BCUT2D eigenvalue weighted by Crippen LogP contribution is 2.07. The first-order chi connectivity index (χ1) is 8.29. The molecule has 0 aromatic carbocycles. The van der Waals surface area contributed by atoms with Crippen LogP contribution in [-0.2, 0) is 13.1 Å². The van der Waals surface area contributed by atoms with Gasteiger partial charge < -0.3 is 15.5 Å². The zero-order chi connectivity index (χ0) is 12.1. The molecule has 3 N–H and O–H groups in total. The van der Waals surface area contributed by atoms with Crippen LogP contribution in [0.2, 0.25) is 0 Å². The molecule has 0 saturated carbocycles. The van der Waals surface area contributed by atoms with Crippen LogP contribution in [0.1, 0.15) is 21.9 Å². The van der Waals surface area contributed by atoms with Gasteiger partial charge >= 0.3 is 0 Å². The third-order valence-corrected chi connectivity index (χ3v) is 2.26. The van der Waals surface area contributed by atoms with Crippen molar-refractivity contribution in [1.82, 2.24) is 10.3 Å². The molecular weight excluding hydrogens is 218 g/mol. The fraction of sp³-hybridized carbons (Fsp3) is 0.167. The molecule has 0 atom stereocenters. The molecule has 0 saturated heterocycles. The lowest BCUT2D eigenvalue weighted by molar-refractivity contribution is 0.0921. The maximum absolute atomic E-state index is 11.7. The van der Waals surface area contributed by atoms with Gasteiger partial charge in [0.25, 0.3) is 5.91 Å². The normalized spacial score (nSPS) is 10.2. The number of aromatic nitrogens is 1. The fourth-order valence-corrected chi connectivity index (χ4v) is 1.38. The Kier molecular flexibility index (Phi) is 3.52. The van der Waals surface area contributed by atoms with E-state index in [2.05, 4.69) is 10.3 Å². The topological polar surface area (TPSA) is 81.2 Å². The summed E-state index contributed by atoms with van der Waals surface area (Å²) in [4.78, 5) is 15.6. The molecule has 0 radical (unpaired) electrons.